The van der Waals surface area contributed by atoms with Crippen molar-refractivity contribution in [1.29, 1.82) is 0 Å². The maximum Gasteiger partial charge on any atom is 0.121 e. The minimum Gasteiger partial charge on any atom is -0.0628 e. The van der Waals surface area contributed by atoms with Crippen LogP contribution in [0.4, 0.5) is 0 Å². The van der Waals surface area contributed by atoms with Crippen LogP contribution < -0.4 is 20.7 Å². The summed E-state index contributed by atoms with van der Waals surface area (Å²) in [5.41, 5.74) is 2.69. The summed E-state index contributed by atoms with van der Waals surface area (Å²) in [7, 11) is -3.92. The van der Waals surface area contributed by atoms with Crippen molar-refractivity contribution in [2.24, 2.45) is 0 Å². The van der Waals surface area contributed by atoms with Gasteiger partial charge in [0.15, 0.2) is 0 Å². The van der Waals surface area contributed by atoms with Crippen LogP contribution in [0.1, 0.15) is 11.1 Å². The number of hydrogen-bond donors (Lipinski definition) is 0. The molecule has 0 unspecified atom stereocenters. The first-order valence-corrected chi connectivity index (χ1v) is 16.3. The van der Waals surface area contributed by atoms with Crippen molar-refractivity contribution in [3.05, 3.63) is 120 Å². The fourth-order valence-corrected chi connectivity index (χ4v) is 25.3. The second-order valence-electron chi connectivity index (χ2n) is 8.77. The summed E-state index contributed by atoms with van der Waals surface area (Å²) in [5, 5.41) is 6.44. The predicted molar refractivity (Wildman–Crippen MR) is 135 cm³/mol. The molecule has 1 fully saturated rings. The van der Waals surface area contributed by atoms with Gasteiger partial charge in [0.1, 0.15) is 15.2 Å². The van der Waals surface area contributed by atoms with Crippen LogP contribution in [-0.2, 0) is 0 Å². The Morgan fingerprint density at radius 2 is 0.700 bits per heavy atom. The zero-order valence-electron chi connectivity index (χ0n) is 17.8. The highest BCUT2D eigenvalue weighted by Crippen LogP contribution is 2.40. The first-order valence-electron chi connectivity index (χ1n) is 10.9. The van der Waals surface area contributed by atoms with Crippen LogP contribution >= 0.6 is 0 Å². The Hall–Kier alpha value is -2.69. The van der Waals surface area contributed by atoms with Gasteiger partial charge in [-0.2, -0.15) is 0 Å². The van der Waals surface area contributed by atoms with E-state index in [0.717, 1.165) is 0 Å². The van der Waals surface area contributed by atoms with E-state index in [0.29, 0.717) is 0 Å². The number of rotatable bonds is 4. The van der Waals surface area contributed by atoms with Gasteiger partial charge in [-0.15, -0.1) is 0 Å². The molecule has 5 rings (SSSR count). The third kappa shape index (κ3) is 2.78. The summed E-state index contributed by atoms with van der Waals surface area (Å²) in [6.07, 6.45) is 0. The average Bonchev–Trinajstić information content (AvgIpc) is 2.78. The standard InChI is InChI=1S/C28H28Si2/c1-23-13-17-27(18-14-23)30(28-19-15-24(2)16-20-28)22-21-29(30,25-9-5-3-6-10-25)26-11-7-4-8-12-26/h3-20H,21-22H2,1-2H3. The van der Waals surface area contributed by atoms with Crippen LogP contribution in [0.25, 0.3) is 0 Å². The highest BCUT2D eigenvalue weighted by Gasteiger charge is 2.65. The van der Waals surface area contributed by atoms with Gasteiger partial charge in [-0.05, 0) is 13.8 Å². The van der Waals surface area contributed by atoms with Crippen molar-refractivity contribution in [1.82, 2.24) is 0 Å². The van der Waals surface area contributed by atoms with E-state index in [9.17, 15) is 0 Å². The van der Waals surface area contributed by atoms with Crippen molar-refractivity contribution in [2.75, 3.05) is 0 Å². The molecule has 1 saturated heterocycles. The van der Waals surface area contributed by atoms with E-state index in [-0.39, 0.29) is 0 Å². The molecule has 0 saturated carbocycles. The summed E-state index contributed by atoms with van der Waals surface area (Å²) >= 11 is 0. The Bertz CT molecular complexity index is 1050. The van der Waals surface area contributed by atoms with Gasteiger partial charge >= 0.3 is 0 Å². The highest BCUT2D eigenvalue weighted by atomic mass is 29.3. The molecule has 0 radical (unpaired) electrons. The lowest BCUT2D eigenvalue weighted by molar-refractivity contribution is 1.28. The van der Waals surface area contributed by atoms with Gasteiger partial charge in [0.05, 0.1) is 0 Å². The maximum absolute atomic E-state index is 2.45. The summed E-state index contributed by atoms with van der Waals surface area (Å²) in [4.78, 5) is 0. The summed E-state index contributed by atoms with van der Waals surface area (Å²) in [6.45, 7) is 4.40. The van der Waals surface area contributed by atoms with E-state index in [1.807, 2.05) is 0 Å². The molecule has 4 aromatic carbocycles. The van der Waals surface area contributed by atoms with Crippen LogP contribution in [0.5, 0.6) is 0 Å². The molecule has 0 atom stereocenters. The second-order valence-corrected chi connectivity index (χ2v) is 20.8. The van der Waals surface area contributed by atoms with Gasteiger partial charge in [-0.25, -0.2) is 0 Å². The van der Waals surface area contributed by atoms with E-state index in [2.05, 4.69) is 123 Å². The number of benzene rings is 4. The molecule has 1 aliphatic rings. The monoisotopic (exact) mass is 420 g/mol. The Balaban J connectivity index is 1.85. The quantitative estimate of drug-likeness (QED) is 0.434. The third-order valence-electron chi connectivity index (χ3n) is 7.23. The lowest BCUT2D eigenvalue weighted by atomic mass is 10.2. The molecule has 0 amide bonds. The van der Waals surface area contributed by atoms with Crippen molar-refractivity contribution >= 4 is 35.9 Å². The number of aryl methyl sites for hydroxylation is 2. The molecule has 4 aromatic rings. The zero-order valence-corrected chi connectivity index (χ0v) is 19.8. The van der Waals surface area contributed by atoms with Crippen molar-refractivity contribution in [3.8, 4) is 0 Å². The van der Waals surface area contributed by atoms with E-state index >= 15 is 0 Å². The van der Waals surface area contributed by atoms with Gasteiger partial charge in [0.2, 0.25) is 0 Å². The first kappa shape index (κ1) is 19.3. The molecule has 0 nitrogen and oxygen atoms in total. The minimum absolute atomic E-state index is 1.34. The van der Waals surface area contributed by atoms with Crippen LogP contribution in [-0.4, -0.2) is 15.2 Å². The second kappa shape index (κ2) is 7.53. The fourth-order valence-electron chi connectivity index (χ4n) is 5.64. The Kier molecular flexibility index (Phi) is 4.84. The predicted octanol–water partition coefficient (Wildman–Crippen LogP) is 4.22. The zero-order chi connectivity index (χ0) is 20.6. The highest BCUT2D eigenvalue weighted by molar-refractivity contribution is 7.63. The smallest absolute Gasteiger partial charge is 0.0628 e. The van der Waals surface area contributed by atoms with Crippen molar-refractivity contribution in [3.63, 3.8) is 0 Å². The molecule has 0 spiro atoms. The molecule has 0 aromatic heterocycles. The van der Waals surface area contributed by atoms with Gasteiger partial charge in [0.25, 0.3) is 0 Å². The molecule has 0 bridgehead atoms. The third-order valence-corrected chi connectivity index (χ3v) is 25.8. The van der Waals surface area contributed by atoms with Gasteiger partial charge in [-0.3, -0.25) is 0 Å². The van der Waals surface area contributed by atoms with E-state index in [1.54, 1.807) is 20.7 Å². The molecule has 1 aliphatic heterocycles. The van der Waals surface area contributed by atoms with Crippen molar-refractivity contribution < 1.29 is 0 Å². The Morgan fingerprint density at radius 3 is 1.00 bits per heavy atom. The lowest BCUT2D eigenvalue weighted by Gasteiger charge is -2.58. The molecule has 148 valence electrons. The molecular weight excluding hydrogens is 392 g/mol. The fraction of sp³-hybridized carbons (Fsp3) is 0.143. The summed E-state index contributed by atoms with van der Waals surface area (Å²) in [5.74, 6) is 0. The van der Waals surface area contributed by atoms with Crippen LogP contribution in [0.3, 0.4) is 0 Å². The molecule has 30 heavy (non-hydrogen) atoms. The van der Waals surface area contributed by atoms with Gasteiger partial charge < -0.3 is 0 Å². The van der Waals surface area contributed by atoms with Gasteiger partial charge in [0, 0.05) is 0 Å². The van der Waals surface area contributed by atoms with Crippen LogP contribution in [0.15, 0.2) is 109 Å². The van der Waals surface area contributed by atoms with Crippen LogP contribution in [0.2, 0.25) is 12.1 Å². The van der Waals surface area contributed by atoms with Crippen LogP contribution in [0, 0.1) is 13.8 Å². The van der Waals surface area contributed by atoms with E-state index in [4.69, 9.17) is 0 Å². The normalized spacial score (nSPS) is 16.6. The van der Waals surface area contributed by atoms with E-state index < -0.39 is 15.2 Å². The molecule has 1 heterocycles. The maximum atomic E-state index is 2.45. The van der Waals surface area contributed by atoms with E-state index in [1.165, 1.54) is 23.2 Å². The Morgan fingerprint density at radius 1 is 0.400 bits per heavy atom. The largest absolute Gasteiger partial charge is 0.121 e. The van der Waals surface area contributed by atoms with Crippen molar-refractivity contribution in [2.45, 2.75) is 25.9 Å². The Labute approximate surface area is 182 Å². The van der Waals surface area contributed by atoms with Gasteiger partial charge in [-0.1, -0.05) is 153 Å². The molecule has 0 aliphatic carbocycles. The summed E-state index contributed by atoms with van der Waals surface area (Å²) < 4.78 is 0. The molecule has 2 heteroatoms. The topological polar surface area (TPSA) is 0 Å². The SMILES string of the molecule is Cc1ccc([Si]2(c3ccc(C)cc3)CC[Si]2(c2ccccc2)c2ccccc2)cc1. The minimum atomic E-state index is -1.96. The summed E-state index contributed by atoms with van der Waals surface area (Å²) in [6, 6.07) is 44.8. The molecular formula is C28H28Si2. The molecule has 0 N–H and O–H groups in total. The first-order chi connectivity index (χ1) is 14.7. The lowest BCUT2D eigenvalue weighted by Crippen LogP contribution is -2.91. The number of hydrogen-bond acceptors (Lipinski definition) is 0. The average molecular weight is 421 g/mol.